The molecule has 0 atom stereocenters. The largest absolute Gasteiger partial charge is 0.496 e. The van der Waals surface area contributed by atoms with Gasteiger partial charge in [0.05, 0.1) is 13.7 Å². The molecule has 4 nitrogen and oxygen atoms in total. The molecule has 0 saturated heterocycles. The van der Waals surface area contributed by atoms with Crippen LogP contribution >= 0.6 is 11.6 Å². The van der Waals surface area contributed by atoms with E-state index >= 15 is 0 Å². The molecular weight excluding hydrogens is 242 g/mol. The Balaban J connectivity index is 2.76. The lowest BCUT2D eigenvalue weighted by Crippen LogP contribution is -2.23. The zero-order valence-electron chi connectivity index (χ0n) is 9.92. The van der Waals surface area contributed by atoms with Crippen molar-refractivity contribution in [2.24, 2.45) is 0 Å². The Kier molecular flexibility index (Phi) is 5.25. The fourth-order valence-corrected chi connectivity index (χ4v) is 1.59. The fraction of sp³-hybridized carbons (Fsp3) is 0.417. The molecule has 0 aliphatic carbocycles. The quantitative estimate of drug-likeness (QED) is 0.843. The van der Waals surface area contributed by atoms with Crippen molar-refractivity contribution in [3.8, 4) is 5.75 Å². The van der Waals surface area contributed by atoms with Gasteiger partial charge in [0.15, 0.2) is 0 Å². The van der Waals surface area contributed by atoms with Crippen LogP contribution in [0.1, 0.15) is 17.5 Å². The van der Waals surface area contributed by atoms with Gasteiger partial charge in [-0.1, -0.05) is 11.6 Å². The maximum absolute atomic E-state index is 11.2. The predicted molar refractivity (Wildman–Crippen MR) is 66.3 cm³/mol. The average Bonchev–Trinajstić information content (AvgIpc) is 2.30. The van der Waals surface area contributed by atoms with Gasteiger partial charge in [-0.25, -0.2) is 0 Å². The van der Waals surface area contributed by atoms with Crippen molar-refractivity contribution in [3.05, 3.63) is 28.3 Å². The first-order valence-corrected chi connectivity index (χ1v) is 5.67. The summed E-state index contributed by atoms with van der Waals surface area (Å²) in [5, 5.41) is 11.9. The Morgan fingerprint density at radius 1 is 1.53 bits per heavy atom. The van der Waals surface area contributed by atoms with E-state index in [4.69, 9.17) is 21.4 Å². The van der Waals surface area contributed by atoms with Crippen LogP contribution in [-0.2, 0) is 11.3 Å². The molecule has 0 aliphatic heterocycles. The van der Waals surface area contributed by atoms with Crippen molar-refractivity contribution in [3.63, 3.8) is 0 Å². The number of hydrogen-bond acceptors (Lipinski definition) is 3. The maximum Gasteiger partial charge on any atom is 0.222 e. The number of ether oxygens (including phenoxy) is 1. The monoisotopic (exact) mass is 257 g/mol. The van der Waals surface area contributed by atoms with Crippen LogP contribution in [0.3, 0.4) is 0 Å². The average molecular weight is 258 g/mol. The zero-order valence-corrected chi connectivity index (χ0v) is 10.7. The molecule has 0 unspecified atom stereocenters. The zero-order chi connectivity index (χ0) is 12.8. The minimum absolute atomic E-state index is 0.0991. The number of rotatable bonds is 5. The lowest BCUT2D eigenvalue weighted by atomic mass is 10.1. The first-order valence-electron chi connectivity index (χ1n) is 5.29. The third-order valence-corrected chi connectivity index (χ3v) is 2.78. The van der Waals surface area contributed by atoms with Crippen molar-refractivity contribution >= 4 is 17.5 Å². The normalized spacial score (nSPS) is 10.1. The molecule has 1 aromatic carbocycles. The number of benzene rings is 1. The van der Waals surface area contributed by atoms with Crippen molar-refractivity contribution in [1.29, 1.82) is 0 Å². The Morgan fingerprint density at radius 2 is 2.24 bits per heavy atom. The molecule has 5 heteroatoms. The molecular formula is C12H16ClNO3. The van der Waals surface area contributed by atoms with E-state index in [0.29, 0.717) is 17.3 Å². The number of methoxy groups -OCH3 is 1. The van der Waals surface area contributed by atoms with Gasteiger partial charge in [-0.3, -0.25) is 4.79 Å². The van der Waals surface area contributed by atoms with Crippen LogP contribution in [0.15, 0.2) is 12.1 Å². The molecule has 0 saturated carbocycles. The summed E-state index contributed by atoms with van der Waals surface area (Å²) in [5.74, 6) is 0.488. The SMILES string of the molecule is COc1cc(C)c(Cl)cc1CNC(=O)CCO. The number of carbonyl (C=O) groups is 1. The topological polar surface area (TPSA) is 58.6 Å². The summed E-state index contributed by atoms with van der Waals surface area (Å²) in [6.45, 7) is 2.07. The van der Waals surface area contributed by atoms with Crippen LogP contribution in [0.2, 0.25) is 5.02 Å². The van der Waals surface area contributed by atoms with E-state index in [9.17, 15) is 4.79 Å². The first kappa shape index (κ1) is 13.8. The molecule has 0 fully saturated rings. The number of carbonyl (C=O) groups excluding carboxylic acids is 1. The Bertz CT molecular complexity index is 407. The molecule has 2 N–H and O–H groups in total. The van der Waals surface area contributed by atoms with Gasteiger partial charge >= 0.3 is 0 Å². The second-order valence-electron chi connectivity index (χ2n) is 3.66. The lowest BCUT2D eigenvalue weighted by Gasteiger charge is -2.11. The molecule has 94 valence electrons. The third-order valence-electron chi connectivity index (χ3n) is 2.38. The van der Waals surface area contributed by atoms with Crippen LogP contribution in [0.4, 0.5) is 0 Å². The first-order chi connectivity index (χ1) is 8.08. The number of aliphatic hydroxyl groups excluding tert-OH is 1. The van der Waals surface area contributed by atoms with Crippen LogP contribution < -0.4 is 10.1 Å². The molecule has 0 spiro atoms. The van der Waals surface area contributed by atoms with E-state index < -0.39 is 0 Å². The van der Waals surface area contributed by atoms with E-state index in [-0.39, 0.29) is 18.9 Å². The summed E-state index contributed by atoms with van der Waals surface area (Å²) >= 11 is 6.01. The maximum atomic E-state index is 11.2. The van der Waals surface area contributed by atoms with Crippen molar-refractivity contribution in [1.82, 2.24) is 5.32 Å². The minimum Gasteiger partial charge on any atom is -0.496 e. The predicted octanol–water partition coefficient (Wildman–Crippen LogP) is 1.66. The Morgan fingerprint density at radius 3 is 2.82 bits per heavy atom. The summed E-state index contributed by atoms with van der Waals surface area (Å²) in [7, 11) is 1.57. The smallest absolute Gasteiger partial charge is 0.222 e. The number of amides is 1. The highest BCUT2D eigenvalue weighted by atomic mass is 35.5. The summed E-state index contributed by atoms with van der Waals surface area (Å²) in [6, 6.07) is 3.60. The van der Waals surface area contributed by atoms with Gasteiger partial charge < -0.3 is 15.2 Å². The van der Waals surface area contributed by atoms with Crippen LogP contribution in [0, 0.1) is 6.92 Å². The van der Waals surface area contributed by atoms with Crippen LogP contribution in [0.25, 0.3) is 0 Å². The van der Waals surface area contributed by atoms with Crippen LogP contribution in [-0.4, -0.2) is 24.7 Å². The molecule has 0 aliphatic rings. The van der Waals surface area contributed by atoms with Crippen molar-refractivity contribution < 1.29 is 14.6 Å². The minimum atomic E-state index is -0.203. The summed E-state index contributed by atoms with van der Waals surface area (Å²) in [5.41, 5.74) is 1.74. The summed E-state index contributed by atoms with van der Waals surface area (Å²) in [6.07, 6.45) is 0.0991. The molecule has 0 heterocycles. The number of aliphatic hydroxyl groups is 1. The number of nitrogens with one attached hydrogen (secondary N) is 1. The number of hydrogen-bond donors (Lipinski definition) is 2. The van der Waals surface area contributed by atoms with Gasteiger partial charge in [-0.15, -0.1) is 0 Å². The number of aryl methyl sites for hydroxylation is 1. The molecule has 1 aromatic rings. The lowest BCUT2D eigenvalue weighted by molar-refractivity contribution is -0.121. The van der Waals surface area contributed by atoms with Gasteiger partial charge in [0.2, 0.25) is 5.91 Å². The van der Waals surface area contributed by atoms with Crippen LogP contribution in [0.5, 0.6) is 5.75 Å². The standard InChI is InChI=1S/C12H16ClNO3/c1-8-5-11(17-2)9(6-10(8)13)7-14-12(16)3-4-15/h5-6,15H,3-4,7H2,1-2H3,(H,14,16). The summed E-state index contributed by atoms with van der Waals surface area (Å²) in [4.78, 5) is 11.2. The van der Waals surface area contributed by atoms with Gasteiger partial charge in [0, 0.05) is 23.6 Å². The Labute approximate surface area is 106 Å². The Hall–Kier alpha value is -1.26. The van der Waals surface area contributed by atoms with Crippen molar-refractivity contribution in [2.45, 2.75) is 19.9 Å². The van der Waals surface area contributed by atoms with Gasteiger partial charge in [-0.05, 0) is 24.6 Å². The molecule has 17 heavy (non-hydrogen) atoms. The van der Waals surface area contributed by atoms with E-state index in [1.807, 2.05) is 13.0 Å². The summed E-state index contributed by atoms with van der Waals surface area (Å²) < 4.78 is 5.21. The molecule has 1 rings (SSSR count). The fourth-order valence-electron chi connectivity index (χ4n) is 1.41. The van der Waals surface area contributed by atoms with Gasteiger partial charge in [0.25, 0.3) is 0 Å². The molecule has 1 amide bonds. The van der Waals surface area contributed by atoms with Gasteiger partial charge in [0.1, 0.15) is 5.75 Å². The van der Waals surface area contributed by atoms with E-state index in [2.05, 4.69) is 5.32 Å². The van der Waals surface area contributed by atoms with Crippen molar-refractivity contribution in [2.75, 3.05) is 13.7 Å². The molecule has 0 radical (unpaired) electrons. The van der Waals surface area contributed by atoms with E-state index in [1.54, 1.807) is 13.2 Å². The highest BCUT2D eigenvalue weighted by molar-refractivity contribution is 6.31. The second kappa shape index (κ2) is 6.47. The highest BCUT2D eigenvalue weighted by Gasteiger charge is 2.08. The van der Waals surface area contributed by atoms with E-state index in [1.165, 1.54) is 0 Å². The van der Waals surface area contributed by atoms with E-state index in [0.717, 1.165) is 11.1 Å². The molecule has 0 aromatic heterocycles. The molecule has 0 bridgehead atoms. The highest BCUT2D eigenvalue weighted by Crippen LogP contribution is 2.26. The number of halogens is 1. The third kappa shape index (κ3) is 3.91. The second-order valence-corrected chi connectivity index (χ2v) is 4.07. The van der Waals surface area contributed by atoms with Gasteiger partial charge in [-0.2, -0.15) is 0 Å².